The highest BCUT2D eigenvalue weighted by Crippen LogP contribution is 2.30. The first-order valence-electron chi connectivity index (χ1n) is 6.07. The Kier molecular flexibility index (Phi) is 4.62. The molecule has 21 heavy (non-hydrogen) atoms. The Morgan fingerprint density at radius 3 is 2.71 bits per heavy atom. The van der Waals surface area contributed by atoms with Crippen LogP contribution in [0.3, 0.4) is 0 Å². The van der Waals surface area contributed by atoms with E-state index in [0.29, 0.717) is 12.2 Å². The third-order valence-corrected chi connectivity index (χ3v) is 3.49. The minimum absolute atomic E-state index is 0.135. The lowest BCUT2D eigenvalue weighted by Gasteiger charge is -2.17. The van der Waals surface area contributed by atoms with Crippen LogP contribution in [0.25, 0.3) is 0 Å². The quantitative estimate of drug-likeness (QED) is 0.847. The van der Waals surface area contributed by atoms with Gasteiger partial charge in [0.05, 0.1) is 18.5 Å². The smallest absolute Gasteiger partial charge is 0.311 e. The first kappa shape index (κ1) is 15.9. The predicted octanol–water partition coefficient (Wildman–Crippen LogP) is 1.76. The maximum atomic E-state index is 12.4. The van der Waals surface area contributed by atoms with Gasteiger partial charge in [-0.2, -0.15) is 13.2 Å². The average molecular weight is 322 g/mol. The summed E-state index contributed by atoms with van der Waals surface area (Å²) in [6, 6.07) is 2.06. The molecule has 1 aliphatic heterocycles. The predicted molar refractivity (Wildman–Crippen MR) is 69.7 cm³/mol. The lowest BCUT2D eigenvalue weighted by atomic mass is 10.1. The standard InChI is InChI=1S/C12H13F3N2O3S/c1-21(19)20-7-8-4-11(18)17(6-8)9-2-3-10(16-5-9)12(13,14)15/h2-3,5,8H,4,6-7H2,1H3. The number of halogens is 3. The molecule has 1 saturated heterocycles. The Hall–Kier alpha value is -1.48. The van der Waals surface area contributed by atoms with Crippen LogP contribution in [0.2, 0.25) is 0 Å². The SMILES string of the molecule is CS(=O)OCC1CC(=O)N(c2ccc(C(F)(F)F)nc2)C1. The average Bonchev–Trinajstić information content (AvgIpc) is 2.77. The largest absolute Gasteiger partial charge is 0.433 e. The van der Waals surface area contributed by atoms with Crippen LogP contribution >= 0.6 is 0 Å². The van der Waals surface area contributed by atoms with E-state index < -0.39 is 23.0 Å². The minimum atomic E-state index is -4.50. The van der Waals surface area contributed by atoms with Crippen molar-refractivity contribution in [3.05, 3.63) is 24.0 Å². The highest BCUT2D eigenvalue weighted by Gasteiger charge is 2.34. The Balaban J connectivity index is 2.05. The van der Waals surface area contributed by atoms with Crippen molar-refractivity contribution >= 4 is 22.7 Å². The number of pyridine rings is 1. The molecular weight excluding hydrogens is 309 g/mol. The number of carbonyl (C=O) groups excluding carboxylic acids is 1. The monoisotopic (exact) mass is 322 g/mol. The van der Waals surface area contributed by atoms with E-state index in [2.05, 4.69) is 4.98 Å². The van der Waals surface area contributed by atoms with Gasteiger partial charge in [-0.05, 0) is 12.1 Å². The lowest BCUT2D eigenvalue weighted by Crippen LogP contribution is -2.25. The normalized spacial score (nSPS) is 20.9. The first-order chi connectivity index (χ1) is 9.77. The molecular formula is C12H13F3N2O3S. The summed E-state index contributed by atoms with van der Waals surface area (Å²) >= 11 is -1.41. The molecule has 1 amide bonds. The van der Waals surface area contributed by atoms with Gasteiger partial charge in [-0.1, -0.05) is 0 Å². The van der Waals surface area contributed by atoms with Gasteiger partial charge in [0, 0.05) is 25.1 Å². The van der Waals surface area contributed by atoms with Crippen molar-refractivity contribution < 1.29 is 26.4 Å². The van der Waals surface area contributed by atoms with E-state index in [1.807, 2.05) is 0 Å². The topological polar surface area (TPSA) is 59.5 Å². The molecule has 1 aromatic heterocycles. The fourth-order valence-corrected chi connectivity index (χ4v) is 2.43. The fraction of sp³-hybridized carbons (Fsp3) is 0.500. The van der Waals surface area contributed by atoms with E-state index in [4.69, 9.17) is 4.18 Å². The van der Waals surface area contributed by atoms with E-state index in [1.165, 1.54) is 17.2 Å². The van der Waals surface area contributed by atoms with Crippen molar-refractivity contribution in [1.82, 2.24) is 4.98 Å². The summed E-state index contributed by atoms with van der Waals surface area (Å²) in [7, 11) is 0. The van der Waals surface area contributed by atoms with Gasteiger partial charge in [0.15, 0.2) is 11.1 Å². The number of aromatic nitrogens is 1. The summed E-state index contributed by atoms with van der Waals surface area (Å²) < 4.78 is 53.1. The molecule has 0 aromatic carbocycles. The van der Waals surface area contributed by atoms with Gasteiger partial charge in [-0.15, -0.1) is 0 Å². The molecule has 116 valence electrons. The van der Waals surface area contributed by atoms with Crippen LogP contribution in [0.1, 0.15) is 12.1 Å². The second kappa shape index (κ2) is 6.10. The van der Waals surface area contributed by atoms with Crippen LogP contribution in [-0.4, -0.2) is 34.5 Å². The van der Waals surface area contributed by atoms with Crippen LogP contribution in [0, 0.1) is 5.92 Å². The molecule has 0 radical (unpaired) electrons. The number of alkyl halides is 3. The second-order valence-electron chi connectivity index (χ2n) is 4.66. The second-order valence-corrected chi connectivity index (χ2v) is 5.70. The molecule has 0 aliphatic carbocycles. The van der Waals surface area contributed by atoms with Crippen molar-refractivity contribution in [3.8, 4) is 0 Å². The van der Waals surface area contributed by atoms with Crippen LogP contribution in [0.5, 0.6) is 0 Å². The number of nitrogens with zero attached hydrogens (tertiary/aromatic N) is 2. The van der Waals surface area contributed by atoms with Gasteiger partial charge in [0.2, 0.25) is 5.91 Å². The molecule has 2 rings (SSSR count). The lowest BCUT2D eigenvalue weighted by molar-refractivity contribution is -0.141. The minimum Gasteiger partial charge on any atom is -0.311 e. The highest BCUT2D eigenvalue weighted by molar-refractivity contribution is 7.79. The van der Waals surface area contributed by atoms with Crippen LogP contribution in [0.15, 0.2) is 18.3 Å². The van der Waals surface area contributed by atoms with Gasteiger partial charge in [-0.3, -0.25) is 8.98 Å². The van der Waals surface area contributed by atoms with E-state index in [9.17, 15) is 22.2 Å². The number of amides is 1. The number of rotatable bonds is 4. The van der Waals surface area contributed by atoms with Crippen molar-refractivity contribution in [2.24, 2.45) is 5.92 Å². The van der Waals surface area contributed by atoms with E-state index in [-0.39, 0.29) is 24.9 Å². The number of hydrogen-bond acceptors (Lipinski definition) is 4. The summed E-state index contributed by atoms with van der Waals surface area (Å²) in [5.41, 5.74) is -0.688. The molecule has 1 aromatic rings. The third-order valence-electron chi connectivity index (χ3n) is 3.02. The maximum Gasteiger partial charge on any atom is 0.433 e. The molecule has 5 nitrogen and oxygen atoms in total. The van der Waals surface area contributed by atoms with E-state index in [1.54, 1.807) is 0 Å². The van der Waals surface area contributed by atoms with Gasteiger partial charge >= 0.3 is 6.18 Å². The highest BCUT2D eigenvalue weighted by atomic mass is 32.2. The first-order valence-corrected chi connectivity index (χ1v) is 7.56. The zero-order valence-corrected chi connectivity index (χ0v) is 11.9. The van der Waals surface area contributed by atoms with Gasteiger partial charge in [-0.25, -0.2) is 9.19 Å². The summed E-state index contributed by atoms with van der Waals surface area (Å²) in [6.07, 6.45) is -1.89. The number of carbonyl (C=O) groups is 1. The summed E-state index contributed by atoms with van der Waals surface area (Å²) in [6.45, 7) is 0.475. The van der Waals surface area contributed by atoms with Crippen molar-refractivity contribution in [2.75, 3.05) is 24.3 Å². The zero-order valence-electron chi connectivity index (χ0n) is 11.1. The Labute approximate surface area is 121 Å². The van der Waals surface area contributed by atoms with Gasteiger partial charge < -0.3 is 4.90 Å². The van der Waals surface area contributed by atoms with Gasteiger partial charge in [0.1, 0.15) is 5.69 Å². The summed E-state index contributed by atoms with van der Waals surface area (Å²) in [5.74, 6) is -0.351. The van der Waals surface area contributed by atoms with E-state index in [0.717, 1.165) is 12.3 Å². The molecule has 2 heterocycles. The molecule has 0 saturated carbocycles. The molecule has 9 heteroatoms. The van der Waals surface area contributed by atoms with Crippen LogP contribution < -0.4 is 4.90 Å². The molecule has 1 fully saturated rings. The molecule has 0 bridgehead atoms. The Bertz CT molecular complexity index is 548. The third kappa shape index (κ3) is 4.01. The van der Waals surface area contributed by atoms with Crippen molar-refractivity contribution in [3.63, 3.8) is 0 Å². The summed E-state index contributed by atoms with van der Waals surface area (Å²) in [4.78, 5) is 16.5. The van der Waals surface area contributed by atoms with Crippen molar-refractivity contribution in [2.45, 2.75) is 12.6 Å². The van der Waals surface area contributed by atoms with Gasteiger partial charge in [0.25, 0.3) is 0 Å². The number of anilines is 1. The fourth-order valence-electron chi connectivity index (χ4n) is 2.05. The molecule has 1 aliphatic rings. The molecule has 0 N–H and O–H groups in total. The summed E-state index contributed by atoms with van der Waals surface area (Å²) in [5, 5.41) is 0. The molecule has 2 atom stereocenters. The molecule has 0 spiro atoms. The van der Waals surface area contributed by atoms with Crippen LogP contribution in [0.4, 0.5) is 18.9 Å². The van der Waals surface area contributed by atoms with E-state index >= 15 is 0 Å². The Morgan fingerprint density at radius 2 is 2.19 bits per heavy atom. The Morgan fingerprint density at radius 1 is 1.48 bits per heavy atom. The number of hydrogen-bond donors (Lipinski definition) is 0. The van der Waals surface area contributed by atoms with Crippen molar-refractivity contribution in [1.29, 1.82) is 0 Å². The van der Waals surface area contributed by atoms with Crippen LogP contribution in [-0.2, 0) is 26.2 Å². The zero-order chi connectivity index (χ0) is 15.6. The molecule has 2 unspecified atom stereocenters. The maximum absolute atomic E-state index is 12.4.